The highest BCUT2D eigenvalue weighted by molar-refractivity contribution is 5.81. The van der Waals surface area contributed by atoms with E-state index in [1.165, 1.54) is 32.1 Å². The van der Waals surface area contributed by atoms with Crippen LogP contribution >= 0.6 is 0 Å². The zero-order chi connectivity index (χ0) is 11.7. The number of Topliss-reactive ketones (excluding diaryl/α,β-unsaturated/α-hetero) is 1. The predicted molar refractivity (Wildman–Crippen MR) is 66.8 cm³/mol. The lowest BCUT2D eigenvalue weighted by Gasteiger charge is -2.47. The second-order valence-corrected chi connectivity index (χ2v) is 6.40. The van der Waals surface area contributed by atoms with Crippen molar-refractivity contribution in [2.75, 3.05) is 6.61 Å². The van der Waals surface area contributed by atoms with Crippen LogP contribution in [-0.2, 0) is 9.53 Å². The molecule has 1 unspecified atom stereocenters. The summed E-state index contributed by atoms with van der Waals surface area (Å²) in [7, 11) is 0. The fourth-order valence-corrected chi connectivity index (χ4v) is 3.92. The van der Waals surface area contributed by atoms with Crippen LogP contribution in [0.4, 0.5) is 0 Å². The molecule has 0 aromatic carbocycles. The Morgan fingerprint density at radius 3 is 2.53 bits per heavy atom. The standard InChI is InChI=1S/C15H24O2/c16-14(13-4-1-2-5-13)10-12-6-9-17-15(11-12)7-3-8-15/h12-13H,1-11H2. The van der Waals surface area contributed by atoms with E-state index in [0.29, 0.717) is 17.6 Å². The Bertz CT molecular complexity index is 287. The van der Waals surface area contributed by atoms with Crippen molar-refractivity contribution in [3.63, 3.8) is 0 Å². The van der Waals surface area contributed by atoms with Crippen LogP contribution in [-0.4, -0.2) is 18.0 Å². The Kier molecular flexibility index (Phi) is 3.25. The van der Waals surface area contributed by atoms with Crippen LogP contribution in [0.3, 0.4) is 0 Å². The molecule has 0 aromatic rings. The van der Waals surface area contributed by atoms with Crippen molar-refractivity contribution in [2.45, 2.75) is 69.8 Å². The molecule has 1 spiro atoms. The number of rotatable bonds is 3. The zero-order valence-electron chi connectivity index (χ0n) is 10.7. The average Bonchev–Trinajstić information content (AvgIpc) is 2.81. The Hall–Kier alpha value is -0.370. The Labute approximate surface area is 104 Å². The van der Waals surface area contributed by atoms with E-state index in [1.807, 2.05) is 0 Å². The molecule has 2 aliphatic carbocycles. The molecule has 1 atom stereocenters. The van der Waals surface area contributed by atoms with Crippen LogP contribution in [0.5, 0.6) is 0 Å². The van der Waals surface area contributed by atoms with Gasteiger partial charge in [-0.3, -0.25) is 4.79 Å². The van der Waals surface area contributed by atoms with Crippen LogP contribution in [0, 0.1) is 11.8 Å². The molecule has 3 rings (SSSR count). The summed E-state index contributed by atoms with van der Waals surface area (Å²) in [5, 5.41) is 0. The normalized spacial score (nSPS) is 32.6. The van der Waals surface area contributed by atoms with Crippen molar-refractivity contribution < 1.29 is 9.53 Å². The summed E-state index contributed by atoms with van der Waals surface area (Å²) < 4.78 is 5.93. The van der Waals surface area contributed by atoms with Crippen LogP contribution in [0.2, 0.25) is 0 Å². The third kappa shape index (κ3) is 2.42. The van der Waals surface area contributed by atoms with Crippen molar-refractivity contribution in [2.24, 2.45) is 11.8 Å². The van der Waals surface area contributed by atoms with Crippen LogP contribution < -0.4 is 0 Å². The summed E-state index contributed by atoms with van der Waals surface area (Å²) in [4.78, 5) is 12.2. The highest BCUT2D eigenvalue weighted by atomic mass is 16.5. The molecule has 3 aliphatic rings. The number of carbonyl (C=O) groups excluding carboxylic acids is 1. The summed E-state index contributed by atoms with van der Waals surface area (Å²) in [6.45, 7) is 0.891. The van der Waals surface area contributed by atoms with Gasteiger partial charge in [0.25, 0.3) is 0 Å². The largest absolute Gasteiger partial charge is 0.375 e. The minimum absolute atomic E-state index is 0.207. The number of ketones is 1. The predicted octanol–water partition coefficient (Wildman–Crippen LogP) is 3.49. The van der Waals surface area contributed by atoms with E-state index in [4.69, 9.17) is 4.74 Å². The highest BCUT2D eigenvalue weighted by Crippen LogP contribution is 2.45. The van der Waals surface area contributed by atoms with Gasteiger partial charge in [-0.2, -0.15) is 0 Å². The molecule has 3 fully saturated rings. The molecule has 1 saturated heterocycles. The minimum Gasteiger partial charge on any atom is -0.375 e. The number of hydrogen-bond acceptors (Lipinski definition) is 2. The molecule has 1 heterocycles. The van der Waals surface area contributed by atoms with Gasteiger partial charge in [-0.15, -0.1) is 0 Å². The monoisotopic (exact) mass is 236 g/mol. The SMILES string of the molecule is O=C(CC1CCOC2(CCC2)C1)C1CCCC1. The summed E-state index contributed by atoms with van der Waals surface area (Å²) >= 11 is 0. The first kappa shape index (κ1) is 11.7. The van der Waals surface area contributed by atoms with Crippen LogP contribution in [0.25, 0.3) is 0 Å². The molecule has 0 radical (unpaired) electrons. The fourth-order valence-electron chi connectivity index (χ4n) is 3.92. The van der Waals surface area contributed by atoms with Gasteiger partial charge in [0.2, 0.25) is 0 Å². The van der Waals surface area contributed by atoms with E-state index in [1.54, 1.807) is 0 Å². The van der Waals surface area contributed by atoms with Gasteiger partial charge in [0.1, 0.15) is 5.78 Å². The molecule has 2 heteroatoms. The van der Waals surface area contributed by atoms with Gasteiger partial charge in [-0.1, -0.05) is 12.8 Å². The van der Waals surface area contributed by atoms with Crippen molar-refractivity contribution in [1.29, 1.82) is 0 Å². The molecule has 1 aliphatic heterocycles. The molecular formula is C15H24O2. The van der Waals surface area contributed by atoms with Gasteiger partial charge < -0.3 is 4.74 Å². The first-order chi connectivity index (χ1) is 8.27. The summed E-state index contributed by atoms with van der Waals surface area (Å²) in [6, 6.07) is 0. The lowest BCUT2D eigenvalue weighted by molar-refractivity contribution is -0.148. The van der Waals surface area contributed by atoms with Crippen molar-refractivity contribution in [1.82, 2.24) is 0 Å². The van der Waals surface area contributed by atoms with Gasteiger partial charge in [0, 0.05) is 18.9 Å². The van der Waals surface area contributed by atoms with E-state index in [-0.39, 0.29) is 5.60 Å². The van der Waals surface area contributed by atoms with Gasteiger partial charge in [-0.25, -0.2) is 0 Å². The first-order valence-electron chi connectivity index (χ1n) is 7.44. The summed E-state index contributed by atoms with van der Waals surface area (Å²) in [6.07, 6.45) is 11.8. The molecule has 17 heavy (non-hydrogen) atoms. The van der Waals surface area contributed by atoms with Crippen LogP contribution in [0.1, 0.15) is 64.2 Å². The van der Waals surface area contributed by atoms with Crippen molar-refractivity contribution >= 4 is 5.78 Å². The second kappa shape index (κ2) is 4.72. The quantitative estimate of drug-likeness (QED) is 0.750. The molecule has 0 aromatic heterocycles. The topological polar surface area (TPSA) is 26.3 Å². The van der Waals surface area contributed by atoms with E-state index in [9.17, 15) is 4.79 Å². The highest BCUT2D eigenvalue weighted by Gasteiger charge is 2.43. The molecule has 2 saturated carbocycles. The smallest absolute Gasteiger partial charge is 0.136 e. The second-order valence-electron chi connectivity index (χ2n) is 6.40. The summed E-state index contributed by atoms with van der Waals surface area (Å²) in [5.74, 6) is 1.59. The average molecular weight is 236 g/mol. The first-order valence-corrected chi connectivity index (χ1v) is 7.44. The zero-order valence-corrected chi connectivity index (χ0v) is 10.7. The number of hydrogen-bond donors (Lipinski definition) is 0. The Morgan fingerprint density at radius 2 is 1.88 bits per heavy atom. The molecule has 0 N–H and O–H groups in total. The van der Waals surface area contributed by atoms with Gasteiger partial charge in [0.05, 0.1) is 5.60 Å². The van der Waals surface area contributed by atoms with Gasteiger partial charge in [-0.05, 0) is 50.9 Å². The molecule has 96 valence electrons. The Morgan fingerprint density at radius 1 is 1.12 bits per heavy atom. The van der Waals surface area contributed by atoms with E-state index in [2.05, 4.69) is 0 Å². The summed E-state index contributed by atoms with van der Waals surface area (Å²) in [5.41, 5.74) is 0.207. The number of ether oxygens (including phenoxy) is 1. The maximum Gasteiger partial charge on any atom is 0.136 e. The molecule has 0 bridgehead atoms. The number of carbonyl (C=O) groups is 1. The molecular weight excluding hydrogens is 212 g/mol. The van der Waals surface area contributed by atoms with Crippen molar-refractivity contribution in [3.8, 4) is 0 Å². The molecule has 0 amide bonds. The lowest BCUT2D eigenvalue weighted by Crippen LogP contribution is -2.45. The Balaban J connectivity index is 1.52. The maximum atomic E-state index is 12.2. The van der Waals surface area contributed by atoms with E-state index < -0.39 is 0 Å². The third-order valence-electron chi connectivity index (χ3n) is 5.16. The van der Waals surface area contributed by atoms with E-state index >= 15 is 0 Å². The maximum absolute atomic E-state index is 12.2. The lowest BCUT2D eigenvalue weighted by atomic mass is 9.70. The van der Waals surface area contributed by atoms with Gasteiger partial charge >= 0.3 is 0 Å². The third-order valence-corrected chi connectivity index (χ3v) is 5.16. The molecule has 2 nitrogen and oxygen atoms in total. The minimum atomic E-state index is 0.207. The van der Waals surface area contributed by atoms with Crippen LogP contribution in [0.15, 0.2) is 0 Å². The van der Waals surface area contributed by atoms with Crippen molar-refractivity contribution in [3.05, 3.63) is 0 Å². The van der Waals surface area contributed by atoms with Gasteiger partial charge in [0.15, 0.2) is 0 Å². The van der Waals surface area contributed by atoms with E-state index in [0.717, 1.165) is 38.7 Å². The fraction of sp³-hybridized carbons (Fsp3) is 0.933.